The van der Waals surface area contributed by atoms with E-state index >= 15 is 0 Å². The number of nitrogens with two attached hydrogens (primary N) is 1. The van der Waals surface area contributed by atoms with E-state index < -0.39 is 0 Å². The van der Waals surface area contributed by atoms with Crippen molar-refractivity contribution in [2.24, 2.45) is 11.7 Å². The molecule has 0 saturated carbocycles. The lowest BCUT2D eigenvalue weighted by Gasteiger charge is -2.36. The third-order valence-corrected chi connectivity index (χ3v) is 2.54. The molecule has 1 aliphatic rings. The molecule has 2 unspecified atom stereocenters. The Morgan fingerprint density at radius 1 is 1.62 bits per heavy atom. The first kappa shape index (κ1) is 13.3. The maximum absolute atomic E-state index is 11.8. The van der Waals surface area contributed by atoms with Crippen molar-refractivity contribution in [3.05, 3.63) is 0 Å². The molecule has 1 heterocycles. The van der Waals surface area contributed by atoms with Crippen molar-refractivity contribution in [2.75, 3.05) is 26.3 Å². The van der Waals surface area contributed by atoms with E-state index in [1.54, 1.807) is 4.90 Å². The zero-order valence-corrected chi connectivity index (χ0v) is 10.3. The van der Waals surface area contributed by atoms with Crippen molar-refractivity contribution in [2.45, 2.75) is 32.9 Å². The number of rotatable bonds is 3. The first-order chi connectivity index (χ1) is 7.54. The van der Waals surface area contributed by atoms with Crippen molar-refractivity contribution in [1.29, 1.82) is 0 Å². The summed E-state index contributed by atoms with van der Waals surface area (Å²) in [6.07, 6.45) is -0.328. The minimum Gasteiger partial charge on any atom is -0.449 e. The minimum atomic E-state index is -0.261. The van der Waals surface area contributed by atoms with Crippen LogP contribution in [0.25, 0.3) is 0 Å². The van der Waals surface area contributed by atoms with Gasteiger partial charge in [0.25, 0.3) is 0 Å². The largest absolute Gasteiger partial charge is 0.449 e. The number of carbonyl (C=O) groups excluding carboxylic acids is 1. The summed E-state index contributed by atoms with van der Waals surface area (Å²) in [5.74, 6) is 0.352. The van der Waals surface area contributed by atoms with E-state index in [0.717, 1.165) is 0 Å². The molecule has 5 nitrogen and oxygen atoms in total. The summed E-state index contributed by atoms with van der Waals surface area (Å²) in [4.78, 5) is 13.5. The molecule has 1 aliphatic heterocycles. The molecule has 0 aromatic heterocycles. The van der Waals surface area contributed by atoms with E-state index in [2.05, 4.69) is 0 Å². The normalized spacial score (nSPS) is 25.9. The molecule has 1 saturated heterocycles. The van der Waals surface area contributed by atoms with Crippen molar-refractivity contribution in [3.63, 3.8) is 0 Å². The fourth-order valence-electron chi connectivity index (χ4n) is 1.54. The molecule has 94 valence electrons. The molecule has 5 heteroatoms. The van der Waals surface area contributed by atoms with Crippen LogP contribution in [-0.2, 0) is 9.47 Å². The second-order valence-electron chi connectivity index (χ2n) is 4.66. The number of ether oxygens (including phenoxy) is 2. The van der Waals surface area contributed by atoms with Crippen LogP contribution in [0.4, 0.5) is 4.79 Å². The molecule has 0 bridgehead atoms. The lowest BCUT2D eigenvalue weighted by molar-refractivity contribution is -0.0502. The van der Waals surface area contributed by atoms with Gasteiger partial charge >= 0.3 is 6.09 Å². The van der Waals surface area contributed by atoms with Crippen molar-refractivity contribution in [1.82, 2.24) is 4.90 Å². The Kier molecular flexibility index (Phi) is 5.02. The third kappa shape index (κ3) is 3.64. The van der Waals surface area contributed by atoms with Gasteiger partial charge in [-0.2, -0.15) is 0 Å². The minimum absolute atomic E-state index is 0.0578. The second kappa shape index (κ2) is 6.06. The van der Waals surface area contributed by atoms with Crippen LogP contribution in [0.15, 0.2) is 0 Å². The number of carbonyl (C=O) groups is 1. The lowest BCUT2D eigenvalue weighted by Crippen LogP contribution is -2.53. The van der Waals surface area contributed by atoms with Gasteiger partial charge in [-0.25, -0.2) is 4.79 Å². The first-order valence-corrected chi connectivity index (χ1v) is 5.79. The Bertz CT molecular complexity index is 233. The van der Waals surface area contributed by atoms with Crippen molar-refractivity contribution in [3.8, 4) is 0 Å². The molecular weight excluding hydrogens is 208 g/mol. The van der Waals surface area contributed by atoms with Gasteiger partial charge in [-0.05, 0) is 12.8 Å². The summed E-state index contributed by atoms with van der Waals surface area (Å²) in [5, 5.41) is 0. The smallest absolute Gasteiger partial charge is 0.410 e. The Hall–Kier alpha value is -0.810. The first-order valence-electron chi connectivity index (χ1n) is 5.79. The van der Waals surface area contributed by atoms with E-state index in [-0.39, 0.29) is 18.2 Å². The van der Waals surface area contributed by atoms with Crippen molar-refractivity contribution >= 4 is 6.09 Å². The lowest BCUT2D eigenvalue weighted by atomic mass is 10.2. The van der Waals surface area contributed by atoms with Crippen LogP contribution in [0.3, 0.4) is 0 Å². The Morgan fingerprint density at radius 3 is 2.88 bits per heavy atom. The summed E-state index contributed by atoms with van der Waals surface area (Å²) in [7, 11) is 0. The highest BCUT2D eigenvalue weighted by atomic mass is 16.6. The molecule has 0 aliphatic carbocycles. The summed E-state index contributed by atoms with van der Waals surface area (Å²) < 4.78 is 10.7. The van der Waals surface area contributed by atoms with E-state index in [0.29, 0.717) is 32.2 Å². The highest BCUT2D eigenvalue weighted by molar-refractivity contribution is 5.68. The van der Waals surface area contributed by atoms with Crippen LogP contribution in [0.5, 0.6) is 0 Å². The number of morpholine rings is 1. The SMILES string of the molecule is CC(C)COC(=O)N1CC(CN)OCC1C. The van der Waals surface area contributed by atoms with E-state index in [4.69, 9.17) is 15.2 Å². The average Bonchev–Trinajstić information content (AvgIpc) is 2.26. The van der Waals surface area contributed by atoms with Gasteiger partial charge in [-0.1, -0.05) is 13.8 Å². The summed E-state index contributed by atoms with van der Waals surface area (Å²) in [6, 6.07) is 0.0578. The quantitative estimate of drug-likeness (QED) is 0.780. The molecule has 16 heavy (non-hydrogen) atoms. The average molecular weight is 230 g/mol. The molecule has 0 aromatic carbocycles. The predicted molar refractivity (Wildman–Crippen MR) is 61.1 cm³/mol. The van der Waals surface area contributed by atoms with Gasteiger partial charge in [-0.15, -0.1) is 0 Å². The van der Waals surface area contributed by atoms with E-state index in [1.807, 2.05) is 20.8 Å². The maximum Gasteiger partial charge on any atom is 0.410 e. The molecule has 2 atom stereocenters. The highest BCUT2D eigenvalue weighted by Crippen LogP contribution is 2.12. The molecule has 0 spiro atoms. The number of nitrogens with zero attached hydrogens (tertiary/aromatic N) is 1. The molecule has 1 rings (SSSR count). The molecule has 1 amide bonds. The molecule has 1 fully saturated rings. The number of hydrogen-bond donors (Lipinski definition) is 1. The van der Waals surface area contributed by atoms with Gasteiger partial charge in [0.05, 0.1) is 31.9 Å². The topological polar surface area (TPSA) is 64.8 Å². The van der Waals surface area contributed by atoms with Crippen molar-refractivity contribution < 1.29 is 14.3 Å². The standard InChI is InChI=1S/C11H22N2O3/c1-8(2)6-16-11(14)13-5-10(4-12)15-7-9(13)3/h8-10H,4-7,12H2,1-3H3. The monoisotopic (exact) mass is 230 g/mol. The van der Waals surface area contributed by atoms with Crippen LogP contribution in [0.2, 0.25) is 0 Å². The van der Waals surface area contributed by atoms with Gasteiger partial charge in [0.1, 0.15) is 0 Å². The highest BCUT2D eigenvalue weighted by Gasteiger charge is 2.29. The Labute approximate surface area is 96.9 Å². The van der Waals surface area contributed by atoms with E-state index in [1.165, 1.54) is 0 Å². The fraction of sp³-hybridized carbons (Fsp3) is 0.909. The van der Waals surface area contributed by atoms with Crippen LogP contribution < -0.4 is 5.73 Å². The van der Waals surface area contributed by atoms with E-state index in [9.17, 15) is 4.79 Å². The van der Waals surface area contributed by atoms with Gasteiger partial charge in [-0.3, -0.25) is 0 Å². The fourth-order valence-corrected chi connectivity index (χ4v) is 1.54. The zero-order chi connectivity index (χ0) is 12.1. The Balaban J connectivity index is 2.45. The van der Waals surface area contributed by atoms with Crippen LogP contribution in [-0.4, -0.2) is 49.4 Å². The predicted octanol–water partition coefficient (Wildman–Crippen LogP) is 0.827. The summed E-state index contributed by atoms with van der Waals surface area (Å²) in [6.45, 7) is 7.91. The number of hydrogen-bond acceptors (Lipinski definition) is 4. The van der Waals surface area contributed by atoms with Crippen LogP contribution >= 0.6 is 0 Å². The van der Waals surface area contributed by atoms with Gasteiger partial charge in [0, 0.05) is 6.54 Å². The second-order valence-corrected chi connectivity index (χ2v) is 4.66. The molecule has 0 aromatic rings. The molecule has 0 radical (unpaired) electrons. The van der Waals surface area contributed by atoms with Crippen LogP contribution in [0.1, 0.15) is 20.8 Å². The Morgan fingerprint density at radius 2 is 2.31 bits per heavy atom. The molecular formula is C11H22N2O3. The zero-order valence-electron chi connectivity index (χ0n) is 10.3. The summed E-state index contributed by atoms with van der Waals surface area (Å²) in [5.41, 5.74) is 5.53. The maximum atomic E-state index is 11.8. The van der Waals surface area contributed by atoms with Gasteiger partial charge < -0.3 is 20.1 Å². The van der Waals surface area contributed by atoms with Gasteiger partial charge in [0.2, 0.25) is 0 Å². The van der Waals surface area contributed by atoms with Gasteiger partial charge in [0.15, 0.2) is 0 Å². The third-order valence-electron chi connectivity index (χ3n) is 2.54. The molecule has 2 N–H and O–H groups in total. The number of amides is 1. The van der Waals surface area contributed by atoms with Crippen LogP contribution in [0, 0.1) is 5.92 Å². The summed E-state index contributed by atoms with van der Waals surface area (Å²) >= 11 is 0.